The topological polar surface area (TPSA) is 56.0 Å². The normalized spacial score (nSPS) is 9.83. The van der Waals surface area contributed by atoms with Crippen molar-refractivity contribution in [2.75, 3.05) is 6.54 Å². The van der Waals surface area contributed by atoms with Crippen LogP contribution in [0.25, 0.3) is 0 Å². The van der Waals surface area contributed by atoms with Gasteiger partial charge in [-0.3, -0.25) is 9.78 Å². The van der Waals surface area contributed by atoms with Gasteiger partial charge in [0.15, 0.2) is 5.78 Å². The van der Waals surface area contributed by atoms with Crippen LogP contribution in [-0.2, 0) is 11.2 Å². The Kier molecular flexibility index (Phi) is 3.37. The number of Topliss-reactive ketones (excluding diaryl/α,β-unsaturated/α-hetero) is 1. The van der Waals surface area contributed by atoms with E-state index in [4.69, 9.17) is 5.73 Å². The average molecular weight is 229 g/mol. The molecule has 0 aromatic carbocycles. The third-order valence-corrected chi connectivity index (χ3v) is 1.82. The third kappa shape index (κ3) is 2.71. The van der Waals surface area contributed by atoms with E-state index in [2.05, 4.69) is 20.9 Å². The maximum atomic E-state index is 10.9. The molecule has 0 radical (unpaired) electrons. The van der Waals surface area contributed by atoms with Gasteiger partial charge in [-0.1, -0.05) is 0 Å². The van der Waals surface area contributed by atoms with Crippen LogP contribution in [0.3, 0.4) is 0 Å². The van der Waals surface area contributed by atoms with Crippen molar-refractivity contribution in [2.24, 2.45) is 5.73 Å². The molecule has 0 unspecified atom stereocenters. The van der Waals surface area contributed by atoms with Gasteiger partial charge in [0.2, 0.25) is 0 Å². The van der Waals surface area contributed by atoms with E-state index in [1.807, 2.05) is 6.07 Å². The number of hydrogen-bond donors (Lipinski definition) is 1. The molecule has 0 aliphatic rings. The minimum atomic E-state index is 0.0231. The average Bonchev–Trinajstić information content (AvgIpc) is 2.04. The molecule has 0 atom stereocenters. The summed E-state index contributed by atoms with van der Waals surface area (Å²) in [5.41, 5.74) is 6.06. The molecule has 1 heterocycles. The fraction of sp³-hybridized carbons (Fsp3) is 0.250. The third-order valence-electron chi connectivity index (χ3n) is 1.39. The fourth-order valence-corrected chi connectivity index (χ4v) is 1.26. The summed E-state index contributed by atoms with van der Waals surface area (Å²) in [4.78, 5) is 14.9. The smallest absolute Gasteiger partial charge is 0.150 e. The first-order valence-electron chi connectivity index (χ1n) is 3.53. The van der Waals surface area contributed by atoms with Crippen molar-refractivity contribution in [3.63, 3.8) is 0 Å². The quantitative estimate of drug-likeness (QED) is 0.838. The minimum absolute atomic E-state index is 0.0231. The second-order valence-electron chi connectivity index (χ2n) is 2.43. The Morgan fingerprint density at radius 3 is 2.92 bits per heavy atom. The van der Waals surface area contributed by atoms with E-state index in [1.54, 1.807) is 12.4 Å². The second-order valence-corrected chi connectivity index (χ2v) is 3.35. The molecule has 4 heteroatoms. The zero-order chi connectivity index (χ0) is 8.97. The largest absolute Gasteiger partial charge is 0.324 e. The van der Waals surface area contributed by atoms with Gasteiger partial charge < -0.3 is 5.73 Å². The van der Waals surface area contributed by atoms with E-state index >= 15 is 0 Å². The first-order valence-corrected chi connectivity index (χ1v) is 4.33. The number of ketones is 1. The molecule has 12 heavy (non-hydrogen) atoms. The van der Waals surface area contributed by atoms with Crippen molar-refractivity contribution in [1.29, 1.82) is 0 Å². The highest BCUT2D eigenvalue weighted by molar-refractivity contribution is 9.10. The maximum absolute atomic E-state index is 10.9. The molecule has 1 aromatic rings. The summed E-state index contributed by atoms with van der Waals surface area (Å²) in [6.45, 7) is 0.0898. The molecule has 3 nitrogen and oxygen atoms in total. The zero-order valence-corrected chi connectivity index (χ0v) is 8.04. The van der Waals surface area contributed by atoms with Crippen LogP contribution in [0.5, 0.6) is 0 Å². The lowest BCUT2D eigenvalue weighted by Crippen LogP contribution is -2.15. The van der Waals surface area contributed by atoms with Crippen molar-refractivity contribution < 1.29 is 4.79 Å². The van der Waals surface area contributed by atoms with Gasteiger partial charge in [-0.15, -0.1) is 0 Å². The number of nitrogens with two attached hydrogens (primary N) is 1. The number of halogens is 1. The van der Waals surface area contributed by atoms with Crippen LogP contribution in [0, 0.1) is 0 Å². The van der Waals surface area contributed by atoms with Crippen molar-refractivity contribution in [3.8, 4) is 0 Å². The lowest BCUT2D eigenvalue weighted by molar-refractivity contribution is -0.117. The van der Waals surface area contributed by atoms with E-state index < -0.39 is 0 Å². The molecule has 0 spiro atoms. The highest BCUT2D eigenvalue weighted by Crippen LogP contribution is 2.09. The number of nitrogens with zero attached hydrogens (tertiary/aromatic N) is 1. The van der Waals surface area contributed by atoms with E-state index in [0.717, 1.165) is 10.0 Å². The fourth-order valence-electron chi connectivity index (χ4n) is 0.852. The number of carbonyl (C=O) groups excluding carboxylic acids is 1. The molecule has 64 valence electrons. The van der Waals surface area contributed by atoms with Gasteiger partial charge in [-0.05, 0) is 27.6 Å². The number of aromatic nitrogens is 1. The molecule has 0 amide bonds. The monoisotopic (exact) mass is 228 g/mol. The van der Waals surface area contributed by atoms with Crippen LogP contribution in [0.2, 0.25) is 0 Å². The standard InChI is InChI=1S/C8H9BrN2O/c9-7-1-6(4-11-5-7)2-8(12)3-10/h1,4-5H,2-3,10H2. The van der Waals surface area contributed by atoms with Gasteiger partial charge >= 0.3 is 0 Å². The highest BCUT2D eigenvalue weighted by Gasteiger charge is 2.01. The van der Waals surface area contributed by atoms with Gasteiger partial charge in [-0.2, -0.15) is 0 Å². The van der Waals surface area contributed by atoms with Crippen molar-refractivity contribution in [2.45, 2.75) is 6.42 Å². The second kappa shape index (κ2) is 4.33. The first kappa shape index (κ1) is 9.35. The molecule has 0 saturated carbocycles. The summed E-state index contributed by atoms with van der Waals surface area (Å²) in [5, 5.41) is 0. The summed E-state index contributed by atoms with van der Waals surface area (Å²) >= 11 is 3.27. The van der Waals surface area contributed by atoms with E-state index in [0.29, 0.717) is 6.42 Å². The van der Waals surface area contributed by atoms with Crippen LogP contribution in [-0.4, -0.2) is 17.3 Å². The summed E-state index contributed by atoms with van der Waals surface area (Å²) in [5.74, 6) is 0.0231. The van der Waals surface area contributed by atoms with Crippen molar-refractivity contribution >= 4 is 21.7 Å². The first-order chi connectivity index (χ1) is 5.72. The van der Waals surface area contributed by atoms with Crippen molar-refractivity contribution in [3.05, 3.63) is 28.5 Å². The molecule has 0 aliphatic heterocycles. The van der Waals surface area contributed by atoms with Crippen molar-refractivity contribution in [1.82, 2.24) is 4.98 Å². The zero-order valence-electron chi connectivity index (χ0n) is 6.46. The Morgan fingerprint density at radius 2 is 2.33 bits per heavy atom. The Balaban J connectivity index is 2.69. The molecular formula is C8H9BrN2O. The van der Waals surface area contributed by atoms with Gasteiger partial charge in [0, 0.05) is 23.3 Å². The predicted molar refractivity (Wildman–Crippen MR) is 49.7 cm³/mol. The van der Waals surface area contributed by atoms with Crippen LogP contribution >= 0.6 is 15.9 Å². The highest BCUT2D eigenvalue weighted by atomic mass is 79.9. The predicted octanol–water partition coefficient (Wildman–Crippen LogP) is 0.914. The van der Waals surface area contributed by atoms with E-state index in [9.17, 15) is 4.79 Å². The lowest BCUT2D eigenvalue weighted by atomic mass is 10.1. The Labute approximate surface area is 79.1 Å². The Hall–Kier alpha value is -0.740. The van der Waals surface area contributed by atoms with Crippen LogP contribution in [0.4, 0.5) is 0 Å². The number of hydrogen-bond acceptors (Lipinski definition) is 3. The van der Waals surface area contributed by atoms with Gasteiger partial charge in [0.25, 0.3) is 0 Å². The van der Waals surface area contributed by atoms with Crippen LogP contribution in [0.15, 0.2) is 22.9 Å². The molecule has 0 fully saturated rings. The minimum Gasteiger partial charge on any atom is -0.324 e. The molecule has 0 saturated heterocycles. The number of carbonyl (C=O) groups is 1. The summed E-state index contributed by atoms with van der Waals surface area (Å²) in [7, 11) is 0. The van der Waals surface area contributed by atoms with E-state index in [-0.39, 0.29) is 12.3 Å². The van der Waals surface area contributed by atoms with Gasteiger partial charge in [-0.25, -0.2) is 0 Å². The summed E-state index contributed by atoms with van der Waals surface area (Å²) < 4.78 is 0.879. The summed E-state index contributed by atoms with van der Waals surface area (Å²) in [6, 6.07) is 1.86. The number of rotatable bonds is 3. The lowest BCUT2D eigenvalue weighted by Gasteiger charge is -1.97. The Bertz CT molecular complexity index is 288. The molecule has 1 aromatic heterocycles. The summed E-state index contributed by atoms with van der Waals surface area (Å²) in [6.07, 6.45) is 3.71. The molecule has 1 rings (SSSR count). The molecule has 0 bridgehead atoms. The SMILES string of the molecule is NCC(=O)Cc1cncc(Br)c1. The van der Waals surface area contributed by atoms with Crippen LogP contribution in [0.1, 0.15) is 5.56 Å². The van der Waals surface area contributed by atoms with Crippen LogP contribution < -0.4 is 5.73 Å². The number of pyridine rings is 1. The Morgan fingerprint density at radius 1 is 1.58 bits per heavy atom. The molecular weight excluding hydrogens is 220 g/mol. The molecule has 2 N–H and O–H groups in total. The maximum Gasteiger partial charge on any atom is 0.150 e. The van der Waals surface area contributed by atoms with E-state index in [1.165, 1.54) is 0 Å². The van der Waals surface area contributed by atoms with Gasteiger partial charge in [0.1, 0.15) is 0 Å². The van der Waals surface area contributed by atoms with Gasteiger partial charge in [0.05, 0.1) is 6.54 Å². The molecule has 0 aliphatic carbocycles.